The van der Waals surface area contributed by atoms with Crippen molar-refractivity contribution in [3.8, 4) is 11.4 Å². The molecule has 1 aromatic heterocycles. The molecule has 2 unspecified atom stereocenters. The zero-order chi connectivity index (χ0) is 18.6. The van der Waals surface area contributed by atoms with Gasteiger partial charge in [0.2, 0.25) is 0 Å². The number of likely N-dealkylation sites (tertiary alicyclic amines) is 1. The van der Waals surface area contributed by atoms with Gasteiger partial charge in [-0.15, -0.1) is 0 Å². The molecule has 2 bridgehead atoms. The Labute approximate surface area is 146 Å². The third kappa shape index (κ3) is 2.34. The molecule has 1 aliphatic carbocycles. The van der Waals surface area contributed by atoms with E-state index in [9.17, 15) is 28.6 Å². The molecule has 2 heterocycles. The minimum Gasteiger partial charge on any atom is -0.504 e. The first-order chi connectivity index (χ1) is 12.3. The van der Waals surface area contributed by atoms with Gasteiger partial charge in [0.05, 0.1) is 11.6 Å². The fourth-order valence-electron chi connectivity index (χ4n) is 3.91. The summed E-state index contributed by atoms with van der Waals surface area (Å²) in [4.78, 5) is 25.7. The molecule has 136 valence electrons. The number of hydrogen-bond acceptors (Lipinski definition) is 4. The van der Waals surface area contributed by atoms with Crippen LogP contribution in [0.3, 0.4) is 0 Å². The summed E-state index contributed by atoms with van der Waals surface area (Å²) in [6.45, 7) is 0.0586. The lowest BCUT2D eigenvalue weighted by Gasteiger charge is -2.29. The number of carboxylic acid groups (broad SMARTS) is 1. The molecule has 7 nitrogen and oxygen atoms in total. The van der Waals surface area contributed by atoms with Crippen LogP contribution in [0, 0.1) is 17.0 Å². The molecule has 2 aliphatic rings. The van der Waals surface area contributed by atoms with Crippen molar-refractivity contribution in [3.05, 3.63) is 41.7 Å². The van der Waals surface area contributed by atoms with Gasteiger partial charge in [-0.1, -0.05) is 0 Å². The van der Waals surface area contributed by atoms with Gasteiger partial charge in [0, 0.05) is 18.7 Å². The number of carbonyl (C=O) groups is 2. The van der Waals surface area contributed by atoms with Gasteiger partial charge in [-0.2, -0.15) is 5.10 Å². The van der Waals surface area contributed by atoms with Crippen molar-refractivity contribution >= 4 is 11.9 Å². The molecular weight excluding hydrogens is 348 g/mol. The molecule has 2 aromatic rings. The lowest BCUT2D eigenvalue weighted by molar-refractivity contribution is -0.148. The second kappa shape index (κ2) is 5.52. The van der Waals surface area contributed by atoms with E-state index in [0.717, 1.165) is 23.0 Å². The monoisotopic (exact) mass is 363 g/mol. The van der Waals surface area contributed by atoms with Crippen molar-refractivity contribution in [2.45, 2.75) is 25.3 Å². The molecular formula is C17H15F2N3O4. The Balaban J connectivity index is 1.64. The molecule has 0 spiro atoms. The van der Waals surface area contributed by atoms with E-state index in [-0.39, 0.29) is 24.0 Å². The molecule has 26 heavy (non-hydrogen) atoms. The Morgan fingerprint density at radius 3 is 2.73 bits per heavy atom. The Morgan fingerprint density at radius 1 is 1.31 bits per heavy atom. The number of halogens is 2. The molecule has 1 saturated heterocycles. The summed E-state index contributed by atoms with van der Waals surface area (Å²) < 4.78 is 27.9. The zero-order valence-corrected chi connectivity index (χ0v) is 13.5. The summed E-state index contributed by atoms with van der Waals surface area (Å²) in [5, 5.41) is 23.4. The predicted octanol–water partition coefficient (Wildman–Crippen LogP) is 1.94. The van der Waals surface area contributed by atoms with Gasteiger partial charge < -0.3 is 15.1 Å². The first kappa shape index (κ1) is 16.5. The van der Waals surface area contributed by atoms with Crippen LogP contribution in [0.4, 0.5) is 8.78 Å². The summed E-state index contributed by atoms with van der Waals surface area (Å²) in [6.07, 6.45) is 2.52. The molecule has 4 rings (SSSR count). The van der Waals surface area contributed by atoms with Crippen molar-refractivity contribution in [3.63, 3.8) is 0 Å². The van der Waals surface area contributed by atoms with Gasteiger partial charge in [0.25, 0.3) is 5.91 Å². The van der Waals surface area contributed by atoms with E-state index in [1.165, 1.54) is 4.90 Å². The fourth-order valence-corrected chi connectivity index (χ4v) is 3.91. The number of aromatic nitrogens is 2. The van der Waals surface area contributed by atoms with Gasteiger partial charge in [-0.05, 0) is 31.4 Å². The van der Waals surface area contributed by atoms with E-state index in [1.807, 2.05) is 0 Å². The van der Waals surface area contributed by atoms with Gasteiger partial charge in [-0.25, -0.2) is 13.5 Å². The Kier molecular flexibility index (Phi) is 3.50. The number of amides is 1. The number of aliphatic carboxylic acids is 1. The quantitative estimate of drug-likeness (QED) is 0.869. The number of nitrogens with zero attached hydrogens (tertiary/aromatic N) is 3. The van der Waals surface area contributed by atoms with Crippen LogP contribution in [0.15, 0.2) is 24.4 Å². The minimum absolute atomic E-state index is 0.0586. The highest BCUT2D eigenvalue weighted by molar-refractivity contribution is 5.96. The maximum atomic E-state index is 13.9. The highest BCUT2D eigenvalue weighted by Gasteiger charge is 2.56. The Bertz CT molecular complexity index is 929. The van der Waals surface area contributed by atoms with Crippen molar-refractivity contribution in [1.29, 1.82) is 0 Å². The van der Waals surface area contributed by atoms with E-state index >= 15 is 0 Å². The number of carbonyl (C=O) groups excluding carboxylic acids is 1. The third-order valence-electron chi connectivity index (χ3n) is 5.26. The molecule has 2 fully saturated rings. The van der Waals surface area contributed by atoms with E-state index in [1.54, 1.807) is 0 Å². The molecule has 0 radical (unpaired) electrons. The van der Waals surface area contributed by atoms with Gasteiger partial charge in [-0.3, -0.25) is 9.59 Å². The summed E-state index contributed by atoms with van der Waals surface area (Å²) in [5.41, 5.74) is -1.35. The van der Waals surface area contributed by atoms with Crippen LogP contribution in [0.1, 0.15) is 29.8 Å². The Hall–Kier alpha value is -2.97. The van der Waals surface area contributed by atoms with E-state index in [2.05, 4.69) is 5.10 Å². The molecule has 9 heteroatoms. The molecule has 1 aromatic carbocycles. The highest BCUT2D eigenvalue weighted by atomic mass is 19.1. The van der Waals surface area contributed by atoms with E-state index in [4.69, 9.17) is 0 Å². The largest absolute Gasteiger partial charge is 0.504 e. The topological polar surface area (TPSA) is 95.7 Å². The number of hydrogen-bond donors (Lipinski definition) is 2. The van der Waals surface area contributed by atoms with Crippen LogP contribution >= 0.6 is 0 Å². The fraction of sp³-hybridized carbons (Fsp3) is 0.353. The number of carboxylic acids is 1. The predicted molar refractivity (Wildman–Crippen MR) is 83.9 cm³/mol. The van der Waals surface area contributed by atoms with E-state index < -0.39 is 34.7 Å². The van der Waals surface area contributed by atoms with Crippen LogP contribution in [0.5, 0.6) is 5.75 Å². The lowest BCUT2D eigenvalue weighted by atomic mass is 9.87. The zero-order valence-electron chi connectivity index (χ0n) is 13.5. The average Bonchev–Trinajstić information content (AvgIpc) is 3.27. The highest BCUT2D eigenvalue weighted by Crippen LogP contribution is 2.48. The van der Waals surface area contributed by atoms with Gasteiger partial charge in [0.1, 0.15) is 11.5 Å². The SMILES string of the molecule is O=C(c1nn(-c2ccc(F)cc2F)cc1O)N1CC2(C(=O)O)CCC1C2. The third-order valence-corrected chi connectivity index (χ3v) is 5.26. The van der Waals surface area contributed by atoms with Crippen LogP contribution in [0.2, 0.25) is 0 Å². The smallest absolute Gasteiger partial charge is 0.311 e. The number of benzene rings is 1. The van der Waals surface area contributed by atoms with E-state index in [0.29, 0.717) is 25.3 Å². The summed E-state index contributed by atoms with van der Waals surface area (Å²) in [5.74, 6) is -3.64. The number of piperidine rings is 1. The van der Waals surface area contributed by atoms with Crippen molar-refractivity contribution < 1.29 is 28.6 Å². The molecule has 2 N–H and O–H groups in total. The number of aromatic hydroxyl groups is 1. The second-order valence-electron chi connectivity index (χ2n) is 6.82. The average molecular weight is 363 g/mol. The maximum Gasteiger partial charge on any atom is 0.311 e. The minimum atomic E-state index is -0.943. The van der Waals surface area contributed by atoms with Crippen LogP contribution in [0.25, 0.3) is 5.69 Å². The number of fused-ring (bicyclic) bond motifs is 2. The van der Waals surface area contributed by atoms with Gasteiger partial charge in [0.15, 0.2) is 17.3 Å². The van der Waals surface area contributed by atoms with Crippen molar-refractivity contribution in [2.24, 2.45) is 5.41 Å². The summed E-state index contributed by atoms with van der Waals surface area (Å²) in [6, 6.07) is 2.63. The first-order valence-electron chi connectivity index (χ1n) is 8.09. The van der Waals surface area contributed by atoms with Crippen molar-refractivity contribution in [2.75, 3.05) is 6.54 Å². The lowest BCUT2D eigenvalue weighted by Crippen LogP contribution is -2.42. The second-order valence-corrected chi connectivity index (χ2v) is 6.82. The van der Waals surface area contributed by atoms with Crippen molar-refractivity contribution in [1.82, 2.24) is 14.7 Å². The first-order valence-corrected chi connectivity index (χ1v) is 8.09. The number of rotatable bonds is 3. The normalized spacial score (nSPS) is 24.2. The van der Waals surface area contributed by atoms with Crippen LogP contribution in [-0.4, -0.2) is 49.4 Å². The van der Waals surface area contributed by atoms with Gasteiger partial charge >= 0.3 is 5.97 Å². The molecule has 1 amide bonds. The van der Waals surface area contributed by atoms with Crippen LogP contribution in [-0.2, 0) is 4.79 Å². The standard InChI is InChI=1S/C17H15F2N3O4/c18-9-1-2-12(11(19)5-9)22-7-13(23)14(20-22)15(24)21-8-17(16(25)26)4-3-10(21)6-17/h1-2,5,7,10,23H,3-4,6,8H2,(H,25,26). The Morgan fingerprint density at radius 2 is 2.08 bits per heavy atom. The summed E-state index contributed by atoms with van der Waals surface area (Å²) >= 11 is 0. The van der Waals surface area contributed by atoms with Crippen LogP contribution < -0.4 is 0 Å². The molecule has 2 atom stereocenters. The summed E-state index contributed by atoms with van der Waals surface area (Å²) in [7, 11) is 0. The molecule has 1 saturated carbocycles. The maximum absolute atomic E-state index is 13.9. The molecule has 1 aliphatic heterocycles.